The Bertz CT molecular complexity index is 1610. The second kappa shape index (κ2) is 19.3. The minimum absolute atomic E-state index is 0. The molecule has 0 atom stereocenters. The van der Waals surface area contributed by atoms with Crippen LogP contribution >= 0.6 is 0 Å². The molecule has 17 heteroatoms. The molecule has 0 aromatic heterocycles. The minimum Gasteiger partial charge on any atom is -0.744 e. The van der Waals surface area contributed by atoms with Crippen molar-refractivity contribution in [3.63, 3.8) is 0 Å². The summed E-state index contributed by atoms with van der Waals surface area (Å²) >= 11 is 0. The molecule has 0 aliphatic heterocycles. The van der Waals surface area contributed by atoms with E-state index in [9.17, 15) is 45.1 Å². The first-order valence-electron chi connectivity index (χ1n) is 16.1. The topological polar surface area (TPSA) is 220 Å². The summed E-state index contributed by atoms with van der Waals surface area (Å²) in [6, 6.07) is 5.90. The van der Waals surface area contributed by atoms with Crippen LogP contribution in [0.5, 0.6) is 0 Å². The molecule has 292 valence electrons. The van der Waals surface area contributed by atoms with Crippen LogP contribution in [0.15, 0.2) is 46.2 Å². The maximum absolute atomic E-state index is 12.2. The Morgan fingerprint density at radius 2 is 0.604 bits per heavy atom. The van der Waals surface area contributed by atoms with E-state index in [0.29, 0.717) is 0 Å². The smallest absolute Gasteiger partial charge is 0.744 e. The fourth-order valence-corrected chi connectivity index (χ4v) is 4.50. The fourth-order valence-electron chi connectivity index (χ4n) is 3.42. The Labute approximate surface area is 343 Å². The van der Waals surface area contributed by atoms with Crippen molar-refractivity contribution in [3.8, 4) is 0 Å². The summed E-state index contributed by atoms with van der Waals surface area (Å²) in [5, 5.41) is 0. The van der Waals surface area contributed by atoms with Gasteiger partial charge in [0.1, 0.15) is 20.2 Å². The molecule has 0 saturated heterocycles. The first-order chi connectivity index (χ1) is 23.2. The van der Waals surface area contributed by atoms with E-state index in [-0.39, 0.29) is 108 Å². The van der Waals surface area contributed by atoms with Crippen molar-refractivity contribution in [2.75, 3.05) is 26.4 Å². The van der Waals surface area contributed by atoms with Gasteiger partial charge < -0.3 is 28.1 Å². The zero-order valence-electron chi connectivity index (χ0n) is 32.5. The van der Waals surface area contributed by atoms with E-state index in [0.717, 1.165) is 36.4 Å². The SMILES string of the molecule is CC(C)(C)COC(=O)c1cc(C(=O)OCC(C)(C)C)cc(S(=O)(=O)[O-])c1.CC(C)(C)COC(=O)c1cc(C(=O)OCC(C)(C)C)cc(S(=O)(=O)[O-])c1.[Ca+2]. The van der Waals surface area contributed by atoms with Gasteiger partial charge in [-0.25, -0.2) is 36.0 Å². The molecular formula is C36H50CaO14S2. The number of hydrogen-bond acceptors (Lipinski definition) is 14. The molecule has 0 N–H and O–H groups in total. The van der Waals surface area contributed by atoms with Crippen molar-refractivity contribution in [3.05, 3.63) is 58.7 Å². The Kier molecular flexibility index (Phi) is 18.4. The van der Waals surface area contributed by atoms with E-state index >= 15 is 0 Å². The van der Waals surface area contributed by atoms with Crippen molar-refractivity contribution in [1.82, 2.24) is 0 Å². The predicted octanol–water partition coefficient (Wildman–Crippen LogP) is 5.61. The summed E-state index contributed by atoms with van der Waals surface area (Å²) < 4.78 is 88.6. The van der Waals surface area contributed by atoms with Crippen molar-refractivity contribution < 1.29 is 64.1 Å². The zero-order valence-corrected chi connectivity index (χ0v) is 36.4. The van der Waals surface area contributed by atoms with Crippen LogP contribution in [-0.2, 0) is 39.2 Å². The van der Waals surface area contributed by atoms with Gasteiger partial charge in [-0.3, -0.25) is 0 Å². The third-order valence-electron chi connectivity index (χ3n) is 5.88. The molecule has 2 aromatic rings. The van der Waals surface area contributed by atoms with Gasteiger partial charge in [-0.2, -0.15) is 0 Å². The van der Waals surface area contributed by atoms with E-state index in [2.05, 4.69) is 0 Å². The molecule has 0 spiro atoms. The number of esters is 4. The van der Waals surface area contributed by atoms with Crippen LogP contribution in [0.25, 0.3) is 0 Å². The van der Waals surface area contributed by atoms with E-state index in [4.69, 9.17) is 18.9 Å². The number of carbonyl (C=O) groups is 4. The van der Waals surface area contributed by atoms with Crippen molar-refractivity contribution >= 4 is 81.9 Å². The van der Waals surface area contributed by atoms with E-state index in [1.807, 2.05) is 83.1 Å². The quantitative estimate of drug-likeness (QED) is 0.123. The van der Waals surface area contributed by atoms with Gasteiger partial charge in [-0.05, 0) is 58.1 Å². The zero-order chi connectivity index (χ0) is 40.7. The second-order valence-electron chi connectivity index (χ2n) is 16.9. The molecular weight excluding hydrogens is 761 g/mol. The third kappa shape index (κ3) is 20.6. The van der Waals surface area contributed by atoms with Gasteiger partial charge in [-0.15, -0.1) is 0 Å². The van der Waals surface area contributed by atoms with Gasteiger partial charge >= 0.3 is 61.6 Å². The normalized spacial score (nSPS) is 12.3. The van der Waals surface area contributed by atoms with Crippen molar-refractivity contribution in [2.45, 2.75) is 92.9 Å². The molecule has 0 bridgehead atoms. The molecule has 0 aliphatic carbocycles. The molecule has 0 unspecified atom stereocenters. The Balaban J connectivity index is 0.00000100. The Hall–Kier alpha value is -2.60. The number of hydrogen-bond donors (Lipinski definition) is 0. The molecule has 2 aromatic carbocycles. The average Bonchev–Trinajstić information content (AvgIpc) is 2.97. The van der Waals surface area contributed by atoms with Crippen LogP contribution in [0.2, 0.25) is 0 Å². The van der Waals surface area contributed by atoms with Crippen molar-refractivity contribution in [2.24, 2.45) is 21.7 Å². The van der Waals surface area contributed by atoms with E-state index in [1.54, 1.807) is 0 Å². The van der Waals surface area contributed by atoms with Gasteiger partial charge in [0.15, 0.2) is 0 Å². The minimum atomic E-state index is -4.87. The number of carbonyl (C=O) groups excluding carboxylic acids is 4. The Morgan fingerprint density at radius 1 is 0.434 bits per heavy atom. The Morgan fingerprint density at radius 3 is 0.736 bits per heavy atom. The molecule has 0 radical (unpaired) electrons. The largest absolute Gasteiger partial charge is 2.00 e. The van der Waals surface area contributed by atoms with Gasteiger partial charge in [0.2, 0.25) is 0 Å². The summed E-state index contributed by atoms with van der Waals surface area (Å²) in [6.07, 6.45) is 0. The van der Waals surface area contributed by atoms with Gasteiger partial charge in [0.25, 0.3) is 0 Å². The van der Waals surface area contributed by atoms with Crippen LogP contribution in [0.1, 0.15) is 125 Å². The van der Waals surface area contributed by atoms with Gasteiger partial charge in [0.05, 0.1) is 58.5 Å². The predicted molar refractivity (Wildman–Crippen MR) is 194 cm³/mol. The molecule has 0 saturated carbocycles. The molecule has 0 fully saturated rings. The summed E-state index contributed by atoms with van der Waals surface area (Å²) in [6.45, 7) is 22.6. The average molecular weight is 811 g/mol. The van der Waals surface area contributed by atoms with Gasteiger partial charge in [0, 0.05) is 0 Å². The van der Waals surface area contributed by atoms with Crippen LogP contribution in [0, 0.1) is 21.7 Å². The summed E-state index contributed by atoms with van der Waals surface area (Å²) in [5.74, 6) is -3.30. The number of benzene rings is 2. The monoisotopic (exact) mass is 810 g/mol. The number of rotatable bonds is 10. The van der Waals surface area contributed by atoms with Crippen LogP contribution < -0.4 is 0 Å². The number of ether oxygens (including phenoxy) is 4. The molecule has 53 heavy (non-hydrogen) atoms. The van der Waals surface area contributed by atoms with E-state index < -0.39 is 53.9 Å². The summed E-state index contributed by atoms with van der Waals surface area (Å²) in [7, 11) is -9.73. The summed E-state index contributed by atoms with van der Waals surface area (Å²) in [5.41, 5.74) is -2.00. The van der Waals surface area contributed by atoms with Crippen LogP contribution in [-0.4, -0.2) is 114 Å². The second-order valence-corrected chi connectivity index (χ2v) is 19.7. The third-order valence-corrected chi connectivity index (χ3v) is 7.50. The maximum atomic E-state index is 12.2. The maximum Gasteiger partial charge on any atom is 2.00 e. The molecule has 0 amide bonds. The van der Waals surface area contributed by atoms with Crippen LogP contribution in [0.3, 0.4) is 0 Å². The fraction of sp³-hybridized carbons (Fsp3) is 0.556. The molecule has 2 rings (SSSR count). The first-order valence-corrected chi connectivity index (χ1v) is 18.9. The first kappa shape index (κ1) is 50.4. The van der Waals surface area contributed by atoms with Crippen molar-refractivity contribution in [1.29, 1.82) is 0 Å². The van der Waals surface area contributed by atoms with Crippen LogP contribution in [0.4, 0.5) is 0 Å². The molecule has 0 heterocycles. The summed E-state index contributed by atoms with van der Waals surface area (Å²) in [4.78, 5) is 47.4. The van der Waals surface area contributed by atoms with E-state index in [1.165, 1.54) is 0 Å². The van der Waals surface area contributed by atoms with Gasteiger partial charge in [-0.1, -0.05) is 83.1 Å². The molecule has 0 aliphatic rings. The standard InChI is InChI=1S/2C18H26O7S.Ca/c2*1-17(2,3)10-24-15(19)12-7-13(9-14(8-12)26(21,22)23)16(20)25-11-18(4,5)6;/h2*7-9H,10-11H2,1-6H3,(H,21,22,23);/q;;+2/p-2. The molecule has 14 nitrogen and oxygen atoms in total.